The molecule has 0 amide bonds. The molecule has 1 aromatic carbocycles. The van der Waals surface area contributed by atoms with E-state index in [9.17, 15) is 0 Å². The standard InChI is InChI=1S/C14H18N2O2S/c1-10(2)13-15-14(19-16-13)18-12-6-4-11(5-7-12)8-9-17-3/h4-7,10H,8-9H2,1-3H3. The second-order valence-electron chi connectivity index (χ2n) is 4.56. The van der Waals surface area contributed by atoms with E-state index in [1.165, 1.54) is 17.1 Å². The van der Waals surface area contributed by atoms with Crippen LogP contribution >= 0.6 is 11.5 Å². The van der Waals surface area contributed by atoms with Crippen molar-refractivity contribution in [3.63, 3.8) is 0 Å². The molecule has 1 heterocycles. The summed E-state index contributed by atoms with van der Waals surface area (Å²) in [5.74, 6) is 1.94. The molecule has 102 valence electrons. The van der Waals surface area contributed by atoms with Crippen LogP contribution in [-0.2, 0) is 11.2 Å². The summed E-state index contributed by atoms with van der Waals surface area (Å²) in [4.78, 5) is 4.34. The number of ether oxygens (including phenoxy) is 2. The van der Waals surface area contributed by atoms with Crippen LogP contribution in [0.4, 0.5) is 0 Å². The lowest BCUT2D eigenvalue weighted by molar-refractivity contribution is 0.202. The van der Waals surface area contributed by atoms with Gasteiger partial charge < -0.3 is 9.47 Å². The number of nitrogens with zero attached hydrogens (tertiary/aromatic N) is 2. The summed E-state index contributed by atoms with van der Waals surface area (Å²) in [6, 6.07) is 7.97. The summed E-state index contributed by atoms with van der Waals surface area (Å²) in [6.45, 7) is 4.86. The number of aromatic nitrogens is 2. The Morgan fingerprint density at radius 2 is 1.95 bits per heavy atom. The first-order valence-electron chi connectivity index (χ1n) is 6.28. The van der Waals surface area contributed by atoms with Crippen molar-refractivity contribution in [3.05, 3.63) is 35.7 Å². The molecule has 0 atom stereocenters. The minimum Gasteiger partial charge on any atom is -0.430 e. The summed E-state index contributed by atoms with van der Waals surface area (Å²) < 4.78 is 15.0. The molecule has 0 radical (unpaired) electrons. The first-order chi connectivity index (χ1) is 9.19. The van der Waals surface area contributed by atoms with Crippen LogP contribution in [0.25, 0.3) is 0 Å². The molecule has 0 aliphatic rings. The van der Waals surface area contributed by atoms with Gasteiger partial charge in [0, 0.05) is 24.6 Å². The predicted octanol–water partition coefficient (Wildman–Crippen LogP) is 3.64. The monoisotopic (exact) mass is 278 g/mol. The van der Waals surface area contributed by atoms with Gasteiger partial charge in [-0.05, 0) is 24.1 Å². The smallest absolute Gasteiger partial charge is 0.298 e. The van der Waals surface area contributed by atoms with Crippen molar-refractivity contribution in [3.8, 4) is 10.9 Å². The molecule has 0 spiro atoms. The minimum absolute atomic E-state index is 0.324. The molecule has 0 aliphatic carbocycles. The molecule has 0 bridgehead atoms. The maximum Gasteiger partial charge on any atom is 0.298 e. The third kappa shape index (κ3) is 4.01. The van der Waals surface area contributed by atoms with E-state index in [4.69, 9.17) is 9.47 Å². The maximum absolute atomic E-state index is 5.68. The highest BCUT2D eigenvalue weighted by Gasteiger charge is 2.09. The highest BCUT2D eigenvalue weighted by Crippen LogP contribution is 2.25. The Hall–Kier alpha value is -1.46. The molecular weight excluding hydrogens is 260 g/mol. The van der Waals surface area contributed by atoms with E-state index in [1.54, 1.807) is 7.11 Å². The largest absolute Gasteiger partial charge is 0.430 e. The molecule has 19 heavy (non-hydrogen) atoms. The Morgan fingerprint density at radius 1 is 1.21 bits per heavy atom. The van der Waals surface area contributed by atoms with E-state index in [-0.39, 0.29) is 0 Å². The number of hydrogen-bond donors (Lipinski definition) is 0. The van der Waals surface area contributed by atoms with Crippen molar-refractivity contribution in [2.75, 3.05) is 13.7 Å². The Balaban J connectivity index is 1.98. The topological polar surface area (TPSA) is 44.2 Å². The van der Waals surface area contributed by atoms with Crippen molar-refractivity contribution < 1.29 is 9.47 Å². The molecule has 0 unspecified atom stereocenters. The fourth-order valence-electron chi connectivity index (χ4n) is 1.54. The number of methoxy groups -OCH3 is 1. The van der Waals surface area contributed by atoms with Gasteiger partial charge >= 0.3 is 0 Å². The quantitative estimate of drug-likeness (QED) is 0.809. The maximum atomic E-state index is 5.68. The lowest BCUT2D eigenvalue weighted by Gasteiger charge is -2.03. The molecule has 2 aromatic rings. The van der Waals surface area contributed by atoms with Gasteiger partial charge in [0.25, 0.3) is 5.19 Å². The molecule has 1 aromatic heterocycles. The molecule has 0 fully saturated rings. The fourth-order valence-corrected chi connectivity index (χ4v) is 2.23. The van der Waals surface area contributed by atoms with Gasteiger partial charge in [0.15, 0.2) is 0 Å². The average molecular weight is 278 g/mol. The SMILES string of the molecule is COCCc1ccc(Oc2nc(C(C)C)ns2)cc1. The highest BCUT2D eigenvalue weighted by atomic mass is 32.1. The third-order valence-electron chi connectivity index (χ3n) is 2.66. The van der Waals surface area contributed by atoms with Gasteiger partial charge in [0.2, 0.25) is 0 Å². The van der Waals surface area contributed by atoms with Crippen LogP contribution in [-0.4, -0.2) is 23.1 Å². The van der Waals surface area contributed by atoms with Gasteiger partial charge in [-0.3, -0.25) is 0 Å². The molecule has 0 N–H and O–H groups in total. The normalized spacial score (nSPS) is 10.9. The first-order valence-corrected chi connectivity index (χ1v) is 7.05. The van der Waals surface area contributed by atoms with Crippen LogP contribution in [0.15, 0.2) is 24.3 Å². The summed E-state index contributed by atoms with van der Waals surface area (Å²) in [7, 11) is 1.71. The van der Waals surface area contributed by atoms with Crippen molar-refractivity contribution in [1.29, 1.82) is 0 Å². The third-order valence-corrected chi connectivity index (χ3v) is 3.27. The van der Waals surface area contributed by atoms with E-state index in [0.29, 0.717) is 11.1 Å². The zero-order chi connectivity index (χ0) is 13.7. The molecule has 2 rings (SSSR count). The first kappa shape index (κ1) is 14.0. The molecule has 0 aliphatic heterocycles. The number of benzene rings is 1. The average Bonchev–Trinajstić information content (AvgIpc) is 2.87. The molecule has 0 saturated carbocycles. The predicted molar refractivity (Wildman–Crippen MR) is 76.1 cm³/mol. The molecule has 4 nitrogen and oxygen atoms in total. The summed E-state index contributed by atoms with van der Waals surface area (Å²) in [5.41, 5.74) is 1.23. The summed E-state index contributed by atoms with van der Waals surface area (Å²) in [5, 5.41) is 0.591. The van der Waals surface area contributed by atoms with Gasteiger partial charge in [0.1, 0.15) is 11.6 Å². The molecule has 0 saturated heterocycles. The van der Waals surface area contributed by atoms with Crippen molar-refractivity contribution in [1.82, 2.24) is 9.36 Å². The van der Waals surface area contributed by atoms with Crippen LogP contribution < -0.4 is 4.74 Å². The lowest BCUT2D eigenvalue weighted by atomic mass is 10.1. The summed E-state index contributed by atoms with van der Waals surface area (Å²) in [6.07, 6.45) is 0.910. The van der Waals surface area contributed by atoms with Gasteiger partial charge in [-0.15, -0.1) is 0 Å². The molecular formula is C14H18N2O2S. The summed E-state index contributed by atoms with van der Waals surface area (Å²) >= 11 is 1.29. The van der Waals surface area contributed by atoms with Crippen LogP contribution in [0.5, 0.6) is 10.9 Å². The van der Waals surface area contributed by atoms with Crippen molar-refractivity contribution >= 4 is 11.5 Å². The number of hydrogen-bond acceptors (Lipinski definition) is 5. The van der Waals surface area contributed by atoms with Gasteiger partial charge in [-0.1, -0.05) is 26.0 Å². The van der Waals surface area contributed by atoms with E-state index in [2.05, 4.69) is 23.2 Å². The van der Waals surface area contributed by atoms with Crippen molar-refractivity contribution in [2.24, 2.45) is 0 Å². The fraction of sp³-hybridized carbons (Fsp3) is 0.429. The van der Waals surface area contributed by atoms with Crippen LogP contribution in [0, 0.1) is 0 Å². The number of rotatable bonds is 6. The van der Waals surface area contributed by atoms with E-state index in [1.807, 2.05) is 24.3 Å². The molecule has 5 heteroatoms. The Kier molecular flexibility index (Phi) is 4.87. The Labute approximate surface area is 117 Å². The van der Waals surface area contributed by atoms with Crippen molar-refractivity contribution in [2.45, 2.75) is 26.2 Å². The Morgan fingerprint density at radius 3 is 2.53 bits per heavy atom. The van der Waals surface area contributed by atoms with E-state index < -0.39 is 0 Å². The second kappa shape index (κ2) is 6.63. The second-order valence-corrected chi connectivity index (χ2v) is 5.28. The van der Waals surface area contributed by atoms with Gasteiger partial charge in [0.05, 0.1) is 6.61 Å². The minimum atomic E-state index is 0.324. The van der Waals surface area contributed by atoms with Gasteiger partial charge in [-0.25, -0.2) is 0 Å². The highest BCUT2D eigenvalue weighted by molar-refractivity contribution is 7.07. The van der Waals surface area contributed by atoms with E-state index >= 15 is 0 Å². The van der Waals surface area contributed by atoms with Gasteiger partial charge in [-0.2, -0.15) is 9.36 Å². The Bertz CT molecular complexity index is 508. The van der Waals surface area contributed by atoms with Crippen LogP contribution in [0.1, 0.15) is 31.2 Å². The zero-order valence-electron chi connectivity index (χ0n) is 11.4. The van der Waals surface area contributed by atoms with E-state index in [0.717, 1.165) is 24.6 Å². The lowest BCUT2D eigenvalue weighted by Crippen LogP contribution is -1.94. The van der Waals surface area contributed by atoms with Crippen LogP contribution in [0.2, 0.25) is 0 Å². The zero-order valence-corrected chi connectivity index (χ0v) is 12.2. The van der Waals surface area contributed by atoms with Crippen LogP contribution in [0.3, 0.4) is 0 Å².